The first kappa shape index (κ1) is 7.85. The van der Waals surface area contributed by atoms with Gasteiger partial charge in [0.2, 0.25) is 0 Å². The highest BCUT2D eigenvalue weighted by Gasteiger charge is 1.86. The lowest BCUT2D eigenvalue weighted by molar-refractivity contribution is 0.146. The fourth-order valence-corrected chi connectivity index (χ4v) is 0.598. The van der Waals surface area contributed by atoms with Crippen LogP contribution in [0.1, 0.15) is 19.1 Å². The van der Waals surface area contributed by atoms with Crippen LogP contribution in [0.2, 0.25) is 0 Å². The smallest absolute Gasteiger partial charge is 0.148 e. The molecule has 0 aliphatic rings. The van der Waals surface area contributed by atoms with Gasteiger partial charge in [-0.3, -0.25) is 0 Å². The summed E-state index contributed by atoms with van der Waals surface area (Å²) in [5, 5.41) is 3.68. The summed E-state index contributed by atoms with van der Waals surface area (Å²) >= 11 is 0. The van der Waals surface area contributed by atoms with Gasteiger partial charge in [0.1, 0.15) is 18.6 Å². The average Bonchev–Trinajstić information content (AvgIpc) is 2.50. The quantitative estimate of drug-likeness (QED) is 0.377. The molecular weight excluding hydrogens is 142 g/mol. The molecule has 1 aromatic heterocycles. The van der Waals surface area contributed by atoms with Crippen LogP contribution in [0.15, 0.2) is 28.0 Å². The molecule has 0 fully saturated rings. The molecule has 60 valence electrons. The molecule has 0 radical (unpaired) electrons. The van der Waals surface area contributed by atoms with Gasteiger partial charge in [0.05, 0.1) is 6.26 Å². The van der Waals surface area contributed by atoms with Gasteiger partial charge in [-0.2, -0.15) is 0 Å². The summed E-state index contributed by atoms with van der Waals surface area (Å²) < 4.78 is 4.98. The van der Waals surface area contributed by atoms with Crippen molar-refractivity contribution in [3.63, 3.8) is 0 Å². The third-order valence-electron chi connectivity index (χ3n) is 1.09. The van der Waals surface area contributed by atoms with Crippen molar-refractivity contribution in [3.05, 3.63) is 24.2 Å². The molecule has 3 nitrogen and oxygen atoms in total. The van der Waals surface area contributed by atoms with E-state index in [0.29, 0.717) is 12.4 Å². The Morgan fingerprint density at radius 1 is 1.73 bits per heavy atom. The largest absolute Gasteiger partial charge is 0.463 e. The van der Waals surface area contributed by atoms with Crippen LogP contribution in [0.5, 0.6) is 0 Å². The summed E-state index contributed by atoms with van der Waals surface area (Å²) in [6.45, 7) is 2.68. The van der Waals surface area contributed by atoms with Gasteiger partial charge in [0, 0.05) is 0 Å². The van der Waals surface area contributed by atoms with Crippen LogP contribution in [0.3, 0.4) is 0 Å². The van der Waals surface area contributed by atoms with Gasteiger partial charge >= 0.3 is 0 Å². The Labute approximate surface area is 65.6 Å². The maximum atomic E-state index is 4.98. The first-order chi connectivity index (χ1) is 5.43. The number of hydrogen-bond acceptors (Lipinski definition) is 3. The van der Waals surface area contributed by atoms with Crippen molar-refractivity contribution in [2.24, 2.45) is 5.16 Å². The molecule has 0 aromatic carbocycles. The number of oxime groups is 1. The lowest BCUT2D eigenvalue weighted by atomic mass is 10.5. The van der Waals surface area contributed by atoms with Gasteiger partial charge in [0.25, 0.3) is 0 Å². The van der Waals surface area contributed by atoms with E-state index in [2.05, 4.69) is 5.16 Å². The van der Waals surface area contributed by atoms with Crippen LogP contribution in [0, 0.1) is 0 Å². The Hall–Kier alpha value is -1.25. The highest BCUT2D eigenvalue weighted by atomic mass is 16.6. The van der Waals surface area contributed by atoms with E-state index < -0.39 is 0 Å². The van der Waals surface area contributed by atoms with E-state index in [-0.39, 0.29) is 0 Å². The summed E-state index contributed by atoms with van der Waals surface area (Å²) in [5.74, 6) is 0.709. The van der Waals surface area contributed by atoms with Crippen LogP contribution in [0.25, 0.3) is 0 Å². The van der Waals surface area contributed by atoms with E-state index in [1.54, 1.807) is 18.5 Å². The van der Waals surface area contributed by atoms with Gasteiger partial charge in [-0.05, 0) is 18.6 Å². The number of nitrogens with zero attached hydrogens (tertiary/aromatic N) is 1. The molecule has 0 bridgehead atoms. The minimum Gasteiger partial charge on any atom is -0.463 e. The van der Waals surface area contributed by atoms with Gasteiger partial charge in [-0.1, -0.05) is 12.1 Å². The molecule has 1 aromatic rings. The van der Waals surface area contributed by atoms with Crippen molar-refractivity contribution >= 4 is 6.21 Å². The lowest BCUT2D eigenvalue weighted by Gasteiger charge is -1.91. The predicted octanol–water partition coefficient (Wildman–Crippen LogP) is 2.04. The molecule has 0 N–H and O–H groups in total. The minimum atomic E-state index is 0.650. The van der Waals surface area contributed by atoms with Crippen LogP contribution in [0.4, 0.5) is 0 Å². The SMILES string of the molecule is CCCO/N=C/c1ccco1. The monoisotopic (exact) mass is 153 g/mol. The van der Waals surface area contributed by atoms with Crippen molar-refractivity contribution < 1.29 is 9.25 Å². The summed E-state index contributed by atoms with van der Waals surface area (Å²) in [7, 11) is 0. The molecule has 0 saturated heterocycles. The third kappa shape index (κ3) is 2.89. The zero-order valence-electron chi connectivity index (χ0n) is 6.49. The lowest BCUT2D eigenvalue weighted by Crippen LogP contribution is -1.84. The molecule has 11 heavy (non-hydrogen) atoms. The topological polar surface area (TPSA) is 34.7 Å². The fraction of sp³-hybridized carbons (Fsp3) is 0.375. The fourth-order valence-electron chi connectivity index (χ4n) is 0.598. The normalized spacial score (nSPS) is 10.6. The molecule has 0 unspecified atom stereocenters. The molecule has 0 atom stereocenters. The van der Waals surface area contributed by atoms with Gasteiger partial charge in [-0.15, -0.1) is 0 Å². The second kappa shape index (κ2) is 4.55. The zero-order chi connectivity index (χ0) is 7.94. The van der Waals surface area contributed by atoms with Crippen molar-refractivity contribution in [2.45, 2.75) is 13.3 Å². The van der Waals surface area contributed by atoms with Crippen LogP contribution >= 0.6 is 0 Å². The first-order valence-corrected chi connectivity index (χ1v) is 3.62. The molecular formula is C8H11NO2. The maximum absolute atomic E-state index is 4.98. The number of rotatable bonds is 4. The highest BCUT2D eigenvalue weighted by Crippen LogP contribution is 1.95. The van der Waals surface area contributed by atoms with Crippen LogP contribution in [-0.2, 0) is 4.84 Å². The second-order valence-corrected chi connectivity index (χ2v) is 2.08. The van der Waals surface area contributed by atoms with E-state index >= 15 is 0 Å². The van der Waals surface area contributed by atoms with Crippen molar-refractivity contribution in [1.29, 1.82) is 0 Å². The van der Waals surface area contributed by atoms with E-state index in [9.17, 15) is 0 Å². The Balaban J connectivity index is 2.25. The summed E-state index contributed by atoms with van der Waals surface area (Å²) in [5.41, 5.74) is 0. The average molecular weight is 153 g/mol. The van der Waals surface area contributed by atoms with Gasteiger partial charge in [0.15, 0.2) is 0 Å². The second-order valence-electron chi connectivity index (χ2n) is 2.08. The van der Waals surface area contributed by atoms with Gasteiger partial charge in [-0.25, -0.2) is 0 Å². The van der Waals surface area contributed by atoms with Crippen molar-refractivity contribution in [2.75, 3.05) is 6.61 Å². The maximum Gasteiger partial charge on any atom is 0.148 e. The molecule has 0 amide bonds. The number of hydrogen-bond donors (Lipinski definition) is 0. The first-order valence-electron chi connectivity index (χ1n) is 3.62. The Morgan fingerprint density at radius 3 is 3.27 bits per heavy atom. The zero-order valence-corrected chi connectivity index (χ0v) is 6.49. The van der Waals surface area contributed by atoms with E-state index in [0.717, 1.165) is 6.42 Å². The predicted molar refractivity (Wildman–Crippen MR) is 42.5 cm³/mol. The van der Waals surface area contributed by atoms with Gasteiger partial charge < -0.3 is 9.25 Å². The van der Waals surface area contributed by atoms with Crippen LogP contribution < -0.4 is 0 Å². The van der Waals surface area contributed by atoms with Crippen molar-refractivity contribution in [3.8, 4) is 0 Å². The molecule has 1 rings (SSSR count). The minimum absolute atomic E-state index is 0.650. The molecule has 0 spiro atoms. The molecule has 0 aliphatic heterocycles. The summed E-state index contributed by atoms with van der Waals surface area (Å²) in [4.78, 5) is 4.87. The van der Waals surface area contributed by atoms with E-state index in [4.69, 9.17) is 9.25 Å². The molecule has 0 saturated carbocycles. The van der Waals surface area contributed by atoms with Crippen LogP contribution in [-0.4, -0.2) is 12.8 Å². The highest BCUT2D eigenvalue weighted by molar-refractivity contribution is 5.74. The third-order valence-corrected chi connectivity index (χ3v) is 1.09. The summed E-state index contributed by atoms with van der Waals surface area (Å²) in [6.07, 6.45) is 4.12. The van der Waals surface area contributed by atoms with E-state index in [1.165, 1.54) is 0 Å². The standard InChI is InChI=1S/C8H11NO2/c1-2-5-11-9-7-8-4-3-6-10-8/h3-4,6-7H,2,5H2,1H3/b9-7+. The van der Waals surface area contributed by atoms with E-state index in [1.807, 2.05) is 13.0 Å². The summed E-state index contributed by atoms with van der Waals surface area (Å²) in [6, 6.07) is 3.62. The van der Waals surface area contributed by atoms with Crippen molar-refractivity contribution in [1.82, 2.24) is 0 Å². The Bertz CT molecular complexity index is 204. The molecule has 1 heterocycles. The Kier molecular flexibility index (Phi) is 3.25. The molecule has 0 aliphatic carbocycles. The Morgan fingerprint density at radius 2 is 2.64 bits per heavy atom. The number of furan rings is 1. The molecule has 3 heteroatoms.